The number of carbonyl (C=O) groups excluding carboxylic acids is 1. The van der Waals surface area contributed by atoms with Crippen molar-refractivity contribution in [2.45, 2.75) is 65.0 Å². The Morgan fingerprint density at radius 1 is 1.50 bits per heavy atom. The zero-order valence-electron chi connectivity index (χ0n) is 15.0. The summed E-state index contributed by atoms with van der Waals surface area (Å²) in [6.07, 6.45) is 10.4. The third-order valence-corrected chi connectivity index (χ3v) is 5.26. The fraction of sp³-hybridized carbons (Fsp3) is 0.650. The number of terminal acetylenes is 1. The second-order valence-corrected chi connectivity index (χ2v) is 8.03. The van der Waals surface area contributed by atoms with Gasteiger partial charge in [-0.15, -0.1) is 6.42 Å². The maximum absolute atomic E-state index is 12.9. The standard InChI is InChI=1S/C20H28N2O2/c1-5-9-22-10-7-6-8-17(22)19(23)21-16-12-20(3,4)13-18-15(16)11-14(2)24-18/h1,11,16-17H,6-10,12-13H2,2-4H3,(H,21,23). The van der Waals surface area contributed by atoms with Crippen LogP contribution in [-0.2, 0) is 11.2 Å². The van der Waals surface area contributed by atoms with Gasteiger partial charge in [0, 0.05) is 12.0 Å². The van der Waals surface area contributed by atoms with Gasteiger partial charge in [0.1, 0.15) is 11.5 Å². The topological polar surface area (TPSA) is 45.5 Å². The van der Waals surface area contributed by atoms with Gasteiger partial charge in [-0.3, -0.25) is 9.69 Å². The number of nitrogens with one attached hydrogen (secondary N) is 1. The van der Waals surface area contributed by atoms with Crippen molar-refractivity contribution in [1.82, 2.24) is 10.2 Å². The highest BCUT2D eigenvalue weighted by atomic mass is 16.3. The minimum absolute atomic E-state index is 0.0308. The van der Waals surface area contributed by atoms with E-state index >= 15 is 0 Å². The number of likely N-dealkylation sites (tertiary alicyclic amines) is 1. The third kappa shape index (κ3) is 3.52. The van der Waals surface area contributed by atoms with E-state index in [4.69, 9.17) is 10.8 Å². The predicted molar refractivity (Wildman–Crippen MR) is 94.5 cm³/mol. The van der Waals surface area contributed by atoms with Crippen LogP contribution in [0.3, 0.4) is 0 Å². The number of amides is 1. The molecule has 4 heteroatoms. The van der Waals surface area contributed by atoms with E-state index in [1.54, 1.807) is 0 Å². The van der Waals surface area contributed by atoms with Crippen LogP contribution >= 0.6 is 0 Å². The van der Waals surface area contributed by atoms with Gasteiger partial charge in [0.2, 0.25) is 5.91 Å². The Kier molecular flexibility index (Phi) is 4.73. The van der Waals surface area contributed by atoms with Gasteiger partial charge in [-0.25, -0.2) is 0 Å². The van der Waals surface area contributed by atoms with Crippen molar-refractivity contribution in [3.8, 4) is 12.3 Å². The van der Waals surface area contributed by atoms with E-state index in [9.17, 15) is 4.79 Å². The van der Waals surface area contributed by atoms with E-state index in [2.05, 4.69) is 36.1 Å². The van der Waals surface area contributed by atoms with Crippen molar-refractivity contribution in [1.29, 1.82) is 0 Å². The molecule has 3 rings (SSSR count). The molecule has 2 unspecified atom stereocenters. The van der Waals surface area contributed by atoms with Crippen LogP contribution in [0.15, 0.2) is 10.5 Å². The Labute approximate surface area is 145 Å². The number of hydrogen-bond acceptors (Lipinski definition) is 3. The monoisotopic (exact) mass is 328 g/mol. The Morgan fingerprint density at radius 3 is 3.04 bits per heavy atom. The molecule has 1 aromatic heterocycles. The van der Waals surface area contributed by atoms with Crippen LogP contribution in [0.5, 0.6) is 0 Å². The van der Waals surface area contributed by atoms with Gasteiger partial charge in [0.15, 0.2) is 0 Å². The van der Waals surface area contributed by atoms with Crippen molar-refractivity contribution in [3.63, 3.8) is 0 Å². The molecule has 2 atom stereocenters. The lowest BCUT2D eigenvalue weighted by Gasteiger charge is -2.37. The first-order valence-electron chi connectivity index (χ1n) is 8.97. The molecule has 1 aliphatic carbocycles. The smallest absolute Gasteiger partial charge is 0.237 e. The van der Waals surface area contributed by atoms with Crippen LogP contribution in [0.2, 0.25) is 0 Å². The lowest BCUT2D eigenvalue weighted by molar-refractivity contribution is -0.128. The molecule has 24 heavy (non-hydrogen) atoms. The summed E-state index contributed by atoms with van der Waals surface area (Å²) in [6.45, 7) is 7.90. The van der Waals surface area contributed by atoms with E-state index in [1.807, 2.05) is 6.92 Å². The molecular weight excluding hydrogens is 300 g/mol. The van der Waals surface area contributed by atoms with Crippen LogP contribution < -0.4 is 5.32 Å². The third-order valence-electron chi connectivity index (χ3n) is 5.26. The van der Waals surface area contributed by atoms with Gasteiger partial charge in [-0.1, -0.05) is 26.2 Å². The Balaban J connectivity index is 1.77. The van der Waals surface area contributed by atoms with E-state index in [1.165, 1.54) is 0 Å². The number of carbonyl (C=O) groups is 1. The number of nitrogens with zero attached hydrogens (tertiary/aromatic N) is 1. The van der Waals surface area contributed by atoms with Crippen LogP contribution in [0.4, 0.5) is 0 Å². The fourth-order valence-corrected chi connectivity index (χ4v) is 4.18. The first kappa shape index (κ1) is 17.1. The maximum Gasteiger partial charge on any atom is 0.237 e. The molecule has 2 heterocycles. The molecule has 1 N–H and O–H groups in total. The summed E-state index contributed by atoms with van der Waals surface area (Å²) in [4.78, 5) is 15.1. The predicted octanol–water partition coefficient (Wildman–Crippen LogP) is 3.21. The van der Waals surface area contributed by atoms with E-state index in [0.29, 0.717) is 6.54 Å². The van der Waals surface area contributed by atoms with E-state index in [0.717, 1.165) is 55.7 Å². The SMILES string of the molecule is C#CCN1CCCCC1C(=O)NC1CC(C)(C)Cc2oc(C)cc21. The van der Waals surface area contributed by atoms with E-state index < -0.39 is 0 Å². The van der Waals surface area contributed by atoms with Crippen LogP contribution in [0.1, 0.15) is 62.7 Å². The van der Waals surface area contributed by atoms with Crippen molar-refractivity contribution >= 4 is 5.91 Å². The Bertz CT molecular complexity index is 653. The Hall–Kier alpha value is -1.73. The Morgan fingerprint density at radius 2 is 2.29 bits per heavy atom. The number of rotatable bonds is 3. The molecule has 0 bridgehead atoms. The van der Waals surface area contributed by atoms with Gasteiger partial charge in [0.05, 0.1) is 18.6 Å². The lowest BCUT2D eigenvalue weighted by Crippen LogP contribution is -2.51. The molecule has 1 amide bonds. The second-order valence-electron chi connectivity index (χ2n) is 8.03. The second kappa shape index (κ2) is 6.64. The summed E-state index contributed by atoms with van der Waals surface area (Å²) in [6, 6.07) is 2.01. The number of piperidine rings is 1. The zero-order valence-corrected chi connectivity index (χ0v) is 15.0. The summed E-state index contributed by atoms with van der Waals surface area (Å²) < 4.78 is 5.87. The number of aryl methyl sites for hydroxylation is 1. The van der Waals surface area contributed by atoms with Crippen molar-refractivity contribution < 1.29 is 9.21 Å². The highest BCUT2D eigenvalue weighted by Gasteiger charge is 2.37. The van der Waals surface area contributed by atoms with Crippen molar-refractivity contribution in [2.24, 2.45) is 5.41 Å². The summed E-state index contributed by atoms with van der Waals surface area (Å²) >= 11 is 0. The zero-order chi connectivity index (χ0) is 17.3. The molecule has 1 aliphatic heterocycles. The molecule has 1 fully saturated rings. The highest BCUT2D eigenvalue weighted by molar-refractivity contribution is 5.82. The highest BCUT2D eigenvalue weighted by Crippen LogP contribution is 2.42. The van der Waals surface area contributed by atoms with Crippen LogP contribution in [0.25, 0.3) is 0 Å². The molecular formula is C20H28N2O2. The summed E-state index contributed by atoms with van der Waals surface area (Å²) in [5.74, 6) is 4.74. The average Bonchev–Trinajstić information content (AvgIpc) is 2.87. The van der Waals surface area contributed by atoms with Gasteiger partial charge in [-0.2, -0.15) is 0 Å². The van der Waals surface area contributed by atoms with Crippen LogP contribution in [0, 0.1) is 24.7 Å². The molecule has 1 saturated heterocycles. The summed E-state index contributed by atoms with van der Waals surface area (Å²) in [7, 11) is 0. The van der Waals surface area contributed by atoms with Gasteiger partial charge in [0.25, 0.3) is 0 Å². The van der Waals surface area contributed by atoms with E-state index in [-0.39, 0.29) is 23.4 Å². The summed E-state index contributed by atoms with van der Waals surface area (Å²) in [5, 5.41) is 3.29. The first-order chi connectivity index (χ1) is 11.4. The minimum Gasteiger partial charge on any atom is -0.466 e. The van der Waals surface area contributed by atoms with Gasteiger partial charge in [-0.05, 0) is 44.2 Å². The number of furan rings is 1. The number of fused-ring (bicyclic) bond motifs is 1. The summed E-state index contributed by atoms with van der Waals surface area (Å²) in [5.41, 5.74) is 1.28. The van der Waals surface area contributed by atoms with Crippen LogP contribution in [-0.4, -0.2) is 29.9 Å². The average molecular weight is 328 g/mol. The van der Waals surface area contributed by atoms with Crippen molar-refractivity contribution in [2.75, 3.05) is 13.1 Å². The molecule has 130 valence electrons. The molecule has 0 aromatic carbocycles. The molecule has 0 radical (unpaired) electrons. The fourth-order valence-electron chi connectivity index (χ4n) is 4.18. The number of hydrogen-bond donors (Lipinski definition) is 1. The van der Waals surface area contributed by atoms with Crippen molar-refractivity contribution in [3.05, 3.63) is 23.2 Å². The molecule has 0 spiro atoms. The molecule has 0 saturated carbocycles. The maximum atomic E-state index is 12.9. The lowest BCUT2D eigenvalue weighted by atomic mass is 9.74. The van der Waals surface area contributed by atoms with Gasteiger partial charge < -0.3 is 9.73 Å². The molecule has 2 aliphatic rings. The molecule has 1 aromatic rings. The largest absolute Gasteiger partial charge is 0.466 e. The normalized spacial score (nSPS) is 26.4. The molecule has 4 nitrogen and oxygen atoms in total. The first-order valence-corrected chi connectivity index (χ1v) is 8.97. The quantitative estimate of drug-likeness (QED) is 0.867. The van der Waals surface area contributed by atoms with Gasteiger partial charge >= 0.3 is 0 Å². The minimum atomic E-state index is -0.101.